The van der Waals surface area contributed by atoms with Crippen LogP contribution in [0.1, 0.15) is 29.0 Å². The molecule has 1 N–H and O–H groups in total. The normalized spacial score (nSPS) is 13.9. The summed E-state index contributed by atoms with van der Waals surface area (Å²) in [6.07, 6.45) is 0. The third-order valence-corrected chi connectivity index (χ3v) is 4.72. The highest BCUT2D eigenvalue weighted by molar-refractivity contribution is 5.92. The highest BCUT2D eigenvalue weighted by Crippen LogP contribution is 2.26. The van der Waals surface area contributed by atoms with E-state index in [1.807, 2.05) is 37.3 Å². The van der Waals surface area contributed by atoms with E-state index in [0.717, 1.165) is 5.56 Å². The number of carbonyl (C=O) groups excluding carboxylic acids is 1. The predicted octanol–water partition coefficient (Wildman–Crippen LogP) is 2.42. The first kappa shape index (κ1) is 17.8. The van der Waals surface area contributed by atoms with Gasteiger partial charge >= 0.3 is 0 Å². The summed E-state index contributed by atoms with van der Waals surface area (Å²) < 4.78 is 14.6. The lowest BCUT2D eigenvalue weighted by Gasteiger charge is -2.17. The van der Waals surface area contributed by atoms with Gasteiger partial charge in [0, 0.05) is 18.8 Å². The van der Waals surface area contributed by atoms with Crippen molar-refractivity contribution < 1.29 is 9.18 Å². The summed E-state index contributed by atoms with van der Waals surface area (Å²) in [4.78, 5) is 27.1. The molecule has 8 heteroatoms. The number of fused-ring (bicyclic) bond motifs is 1. The Balaban J connectivity index is 1.59. The van der Waals surface area contributed by atoms with E-state index in [0.29, 0.717) is 24.7 Å². The molecule has 0 unspecified atom stereocenters. The molecular formula is C20H18FN5O2. The molecule has 0 radical (unpaired) electrons. The third kappa shape index (κ3) is 3.24. The van der Waals surface area contributed by atoms with Crippen molar-refractivity contribution in [3.63, 3.8) is 0 Å². The lowest BCUT2D eigenvalue weighted by atomic mass is 10.1. The van der Waals surface area contributed by atoms with Gasteiger partial charge in [-0.15, -0.1) is 10.2 Å². The zero-order valence-electron chi connectivity index (χ0n) is 15.2. The Kier molecular flexibility index (Phi) is 4.60. The molecule has 1 aliphatic rings. The molecule has 28 heavy (non-hydrogen) atoms. The first-order valence-electron chi connectivity index (χ1n) is 8.91. The minimum absolute atomic E-state index is 0.243. The smallest absolute Gasteiger partial charge is 0.286 e. The molecule has 2 aromatic carbocycles. The van der Waals surface area contributed by atoms with Gasteiger partial charge in [0.1, 0.15) is 5.82 Å². The van der Waals surface area contributed by atoms with E-state index < -0.39 is 11.5 Å². The van der Waals surface area contributed by atoms with E-state index >= 15 is 0 Å². The summed E-state index contributed by atoms with van der Waals surface area (Å²) in [5.74, 6) is -0.570. The summed E-state index contributed by atoms with van der Waals surface area (Å²) in [5, 5.41) is 10.7. The largest absolute Gasteiger partial charge is 0.344 e. The molecule has 2 heterocycles. The van der Waals surface area contributed by atoms with Crippen LogP contribution in [0.3, 0.4) is 0 Å². The van der Waals surface area contributed by atoms with Crippen LogP contribution in [0.2, 0.25) is 0 Å². The van der Waals surface area contributed by atoms with E-state index in [1.165, 1.54) is 16.7 Å². The fourth-order valence-corrected chi connectivity index (χ4v) is 3.21. The molecule has 3 aromatic rings. The van der Waals surface area contributed by atoms with Crippen LogP contribution in [0, 0.1) is 5.82 Å². The van der Waals surface area contributed by atoms with Crippen molar-refractivity contribution >= 4 is 17.5 Å². The van der Waals surface area contributed by atoms with Gasteiger partial charge in [-0.05, 0) is 36.8 Å². The van der Waals surface area contributed by atoms with Crippen LogP contribution in [-0.2, 0) is 6.54 Å². The van der Waals surface area contributed by atoms with Gasteiger partial charge in [-0.1, -0.05) is 30.3 Å². The van der Waals surface area contributed by atoms with Crippen LogP contribution in [0.4, 0.5) is 16.0 Å². The molecular weight excluding hydrogens is 361 g/mol. The fraction of sp³-hybridized carbons (Fsp3) is 0.200. The Morgan fingerprint density at radius 2 is 1.79 bits per heavy atom. The van der Waals surface area contributed by atoms with Crippen molar-refractivity contribution in [2.45, 2.75) is 19.5 Å². The Bertz CT molecular complexity index is 1070. The maximum Gasteiger partial charge on any atom is 0.286 e. The lowest BCUT2D eigenvalue weighted by Crippen LogP contribution is -2.36. The SMILES string of the molecule is C[C@H](NC(=O)c1nnc2n(c1=O)CCN2c1ccc(F)cc1)c1ccccc1. The number of anilines is 2. The van der Waals surface area contributed by atoms with Crippen LogP contribution in [0.5, 0.6) is 0 Å². The first-order valence-corrected chi connectivity index (χ1v) is 8.91. The molecule has 142 valence electrons. The van der Waals surface area contributed by atoms with Crippen LogP contribution in [-0.4, -0.2) is 27.2 Å². The van der Waals surface area contributed by atoms with E-state index in [9.17, 15) is 14.0 Å². The van der Waals surface area contributed by atoms with E-state index in [1.54, 1.807) is 17.0 Å². The molecule has 1 aliphatic heterocycles. The molecule has 0 bridgehead atoms. The minimum atomic E-state index is -0.565. The third-order valence-electron chi connectivity index (χ3n) is 4.72. The van der Waals surface area contributed by atoms with Crippen LogP contribution < -0.4 is 15.8 Å². The van der Waals surface area contributed by atoms with Crippen molar-refractivity contribution in [2.75, 3.05) is 11.4 Å². The van der Waals surface area contributed by atoms with Crippen molar-refractivity contribution in [1.82, 2.24) is 20.1 Å². The van der Waals surface area contributed by atoms with Crippen molar-refractivity contribution in [3.05, 3.63) is 82.0 Å². The Morgan fingerprint density at radius 3 is 2.50 bits per heavy atom. The second-order valence-electron chi connectivity index (χ2n) is 6.54. The second kappa shape index (κ2) is 7.22. The number of rotatable bonds is 4. The van der Waals surface area contributed by atoms with Gasteiger partial charge in [-0.25, -0.2) is 4.39 Å². The van der Waals surface area contributed by atoms with Gasteiger partial charge < -0.3 is 10.2 Å². The highest BCUT2D eigenvalue weighted by atomic mass is 19.1. The van der Waals surface area contributed by atoms with Gasteiger partial charge in [0.05, 0.1) is 6.04 Å². The van der Waals surface area contributed by atoms with E-state index in [4.69, 9.17) is 0 Å². The average Bonchev–Trinajstić information content (AvgIpc) is 3.14. The maximum atomic E-state index is 13.2. The molecule has 0 spiro atoms. The zero-order valence-corrected chi connectivity index (χ0v) is 15.2. The van der Waals surface area contributed by atoms with Crippen molar-refractivity contribution in [1.29, 1.82) is 0 Å². The average molecular weight is 379 g/mol. The van der Waals surface area contributed by atoms with Crippen molar-refractivity contribution in [3.8, 4) is 0 Å². The quantitative estimate of drug-likeness (QED) is 0.753. The monoisotopic (exact) mass is 379 g/mol. The first-order chi connectivity index (χ1) is 13.5. The molecule has 4 rings (SSSR count). The number of hydrogen-bond donors (Lipinski definition) is 1. The van der Waals surface area contributed by atoms with Crippen molar-refractivity contribution in [2.24, 2.45) is 0 Å². The Labute approximate surface area is 160 Å². The van der Waals surface area contributed by atoms with Crippen LogP contribution in [0.15, 0.2) is 59.4 Å². The maximum absolute atomic E-state index is 13.2. The van der Waals surface area contributed by atoms with E-state index in [-0.39, 0.29) is 17.6 Å². The predicted molar refractivity (Wildman–Crippen MR) is 102 cm³/mol. The highest BCUT2D eigenvalue weighted by Gasteiger charge is 2.27. The molecule has 0 saturated carbocycles. The van der Waals surface area contributed by atoms with Gasteiger partial charge in [-0.3, -0.25) is 14.2 Å². The summed E-state index contributed by atoms with van der Waals surface area (Å²) in [7, 11) is 0. The van der Waals surface area contributed by atoms with Crippen LogP contribution in [0.25, 0.3) is 0 Å². The Hall–Kier alpha value is -3.55. The van der Waals surface area contributed by atoms with Gasteiger partial charge in [0.25, 0.3) is 11.5 Å². The molecule has 1 atom stereocenters. The second-order valence-corrected chi connectivity index (χ2v) is 6.54. The molecule has 7 nitrogen and oxygen atoms in total. The summed E-state index contributed by atoms with van der Waals surface area (Å²) in [6.45, 7) is 2.69. The minimum Gasteiger partial charge on any atom is -0.344 e. The zero-order chi connectivity index (χ0) is 19.7. The van der Waals surface area contributed by atoms with Gasteiger partial charge in [-0.2, -0.15) is 0 Å². The molecule has 1 amide bonds. The van der Waals surface area contributed by atoms with Crippen LogP contribution >= 0.6 is 0 Å². The number of amides is 1. The number of halogens is 1. The molecule has 0 aliphatic carbocycles. The number of aromatic nitrogens is 3. The number of hydrogen-bond acceptors (Lipinski definition) is 5. The van der Waals surface area contributed by atoms with E-state index in [2.05, 4.69) is 15.5 Å². The standard InChI is InChI=1S/C20H18FN5O2/c1-13(14-5-3-2-4-6-14)22-18(27)17-19(28)26-12-11-25(20(26)24-23-17)16-9-7-15(21)8-10-16/h2-10,13H,11-12H2,1H3,(H,22,27)/t13-/m0/s1. The van der Waals surface area contributed by atoms with Gasteiger partial charge in [0.2, 0.25) is 11.6 Å². The lowest BCUT2D eigenvalue weighted by molar-refractivity contribution is 0.0931. The molecule has 1 aromatic heterocycles. The molecule has 0 fully saturated rings. The van der Waals surface area contributed by atoms with Gasteiger partial charge in [0.15, 0.2) is 0 Å². The summed E-state index contributed by atoms with van der Waals surface area (Å²) in [6, 6.07) is 15.1. The number of nitrogens with zero attached hydrogens (tertiary/aromatic N) is 4. The topological polar surface area (TPSA) is 80.1 Å². The summed E-state index contributed by atoms with van der Waals surface area (Å²) in [5.41, 5.74) is 0.892. The Morgan fingerprint density at radius 1 is 1.07 bits per heavy atom. The summed E-state index contributed by atoms with van der Waals surface area (Å²) >= 11 is 0. The fourth-order valence-electron chi connectivity index (χ4n) is 3.21. The number of carbonyl (C=O) groups is 1. The number of nitrogens with one attached hydrogen (secondary N) is 1. The number of benzene rings is 2. The molecule has 0 saturated heterocycles.